The number of nitro groups is 1. The smallest absolute Gasteiger partial charge is 0.272 e. The van der Waals surface area contributed by atoms with Crippen molar-refractivity contribution in [2.45, 2.75) is 19.4 Å². The third-order valence-electron chi connectivity index (χ3n) is 2.28. The second kappa shape index (κ2) is 3.38. The van der Waals surface area contributed by atoms with E-state index in [9.17, 15) is 10.1 Å². The summed E-state index contributed by atoms with van der Waals surface area (Å²) in [6, 6.07) is 5.18. The van der Waals surface area contributed by atoms with Gasteiger partial charge in [0.05, 0.1) is 17.6 Å². The summed E-state index contributed by atoms with van der Waals surface area (Å²) in [5, 5.41) is 10.7. The highest BCUT2D eigenvalue weighted by Gasteiger charge is 2.26. The van der Waals surface area contributed by atoms with Crippen molar-refractivity contribution in [2.24, 2.45) is 0 Å². The number of nitro benzene ring substituents is 1. The monoisotopic (exact) mass is 193 g/mol. The molecule has 1 aliphatic heterocycles. The van der Waals surface area contributed by atoms with Crippen molar-refractivity contribution < 1.29 is 9.66 Å². The van der Waals surface area contributed by atoms with Crippen molar-refractivity contribution in [2.75, 3.05) is 6.61 Å². The SMILES string of the molecule is Cc1ccc([N+](=O)[O-])c(CC2CO2)c1. The van der Waals surface area contributed by atoms with Gasteiger partial charge in [-0.05, 0) is 13.0 Å². The highest BCUT2D eigenvalue weighted by atomic mass is 16.6. The van der Waals surface area contributed by atoms with Crippen molar-refractivity contribution in [1.29, 1.82) is 0 Å². The molecule has 0 aromatic heterocycles. The minimum Gasteiger partial charge on any atom is -0.373 e. The standard InChI is InChI=1S/C10H11NO3/c1-7-2-3-10(11(12)13)8(4-7)5-9-6-14-9/h2-4,9H,5-6H2,1H3. The molecule has 1 heterocycles. The summed E-state index contributed by atoms with van der Waals surface area (Å²) in [5.41, 5.74) is 2.02. The van der Waals surface area contributed by atoms with Gasteiger partial charge in [-0.1, -0.05) is 11.6 Å². The average Bonchev–Trinajstić information content (AvgIpc) is 2.87. The van der Waals surface area contributed by atoms with Crippen LogP contribution in [0.5, 0.6) is 0 Å². The number of ether oxygens (including phenoxy) is 1. The third kappa shape index (κ3) is 1.90. The first-order valence-electron chi connectivity index (χ1n) is 4.52. The number of rotatable bonds is 3. The highest BCUT2D eigenvalue weighted by Crippen LogP contribution is 2.25. The molecule has 0 saturated carbocycles. The maximum atomic E-state index is 10.7. The molecule has 2 rings (SSSR count). The van der Waals surface area contributed by atoms with Gasteiger partial charge in [-0.3, -0.25) is 10.1 Å². The average molecular weight is 193 g/mol. The molecule has 14 heavy (non-hydrogen) atoms. The van der Waals surface area contributed by atoms with Gasteiger partial charge in [0, 0.05) is 18.1 Å². The van der Waals surface area contributed by atoms with E-state index in [1.165, 1.54) is 0 Å². The van der Waals surface area contributed by atoms with Gasteiger partial charge in [-0.25, -0.2) is 0 Å². The van der Waals surface area contributed by atoms with Crippen LogP contribution in [0.25, 0.3) is 0 Å². The Morgan fingerprint density at radius 2 is 2.36 bits per heavy atom. The van der Waals surface area contributed by atoms with E-state index < -0.39 is 0 Å². The van der Waals surface area contributed by atoms with Crippen LogP contribution in [0.15, 0.2) is 18.2 Å². The van der Waals surface area contributed by atoms with E-state index in [4.69, 9.17) is 4.74 Å². The summed E-state index contributed by atoms with van der Waals surface area (Å²) < 4.78 is 5.06. The number of epoxide rings is 1. The van der Waals surface area contributed by atoms with Gasteiger partial charge in [0.25, 0.3) is 5.69 Å². The maximum Gasteiger partial charge on any atom is 0.272 e. The lowest BCUT2D eigenvalue weighted by Gasteiger charge is -2.01. The van der Waals surface area contributed by atoms with Crippen LogP contribution in [-0.2, 0) is 11.2 Å². The van der Waals surface area contributed by atoms with E-state index >= 15 is 0 Å². The molecule has 4 nitrogen and oxygen atoms in total. The molecule has 0 amide bonds. The molecule has 0 N–H and O–H groups in total. The van der Waals surface area contributed by atoms with Gasteiger partial charge in [0.1, 0.15) is 0 Å². The largest absolute Gasteiger partial charge is 0.373 e. The Hall–Kier alpha value is -1.42. The summed E-state index contributed by atoms with van der Waals surface area (Å²) in [6.07, 6.45) is 0.841. The molecular formula is C10H11NO3. The molecule has 1 aromatic rings. The highest BCUT2D eigenvalue weighted by molar-refractivity contribution is 5.43. The summed E-state index contributed by atoms with van der Waals surface area (Å²) >= 11 is 0. The zero-order valence-electron chi connectivity index (χ0n) is 7.90. The lowest BCUT2D eigenvalue weighted by Crippen LogP contribution is -1.99. The van der Waals surface area contributed by atoms with Crippen molar-refractivity contribution in [3.8, 4) is 0 Å². The zero-order chi connectivity index (χ0) is 10.1. The van der Waals surface area contributed by atoms with Gasteiger partial charge in [0.15, 0.2) is 0 Å². The molecule has 0 spiro atoms. The summed E-state index contributed by atoms with van der Waals surface area (Å²) in [5.74, 6) is 0. The molecule has 1 fully saturated rings. The molecular weight excluding hydrogens is 182 g/mol. The predicted octanol–water partition coefficient (Wildman–Crippen LogP) is 1.84. The summed E-state index contributed by atoms with van der Waals surface area (Å²) in [7, 11) is 0. The van der Waals surface area contributed by atoms with E-state index in [1.807, 2.05) is 13.0 Å². The first-order valence-corrected chi connectivity index (χ1v) is 4.52. The second-order valence-corrected chi connectivity index (χ2v) is 3.55. The fraction of sp³-hybridized carbons (Fsp3) is 0.400. The van der Waals surface area contributed by atoms with Gasteiger partial charge < -0.3 is 4.74 Å². The van der Waals surface area contributed by atoms with E-state index in [2.05, 4.69) is 0 Å². The Morgan fingerprint density at radius 3 is 2.93 bits per heavy atom. The van der Waals surface area contributed by atoms with Gasteiger partial charge in [-0.15, -0.1) is 0 Å². The molecule has 0 radical (unpaired) electrons. The summed E-state index contributed by atoms with van der Waals surface area (Å²) in [6.45, 7) is 2.66. The Labute approximate surface area is 81.7 Å². The second-order valence-electron chi connectivity index (χ2n) is 3.55. The molecule has 1 unspecified atom stereocenters. The molecule has 1 aromatic carbocycles. The van der Waals surface area contributed by atoms with Crippen LogP contribution >= 0.6 is 0 Å². The van der Waals surface area contributed by atoms with Gasteiger partial charge in [-0.2, -0.15) is 0 Å². The molecule has 1 saturated heterocycles. The fourth-order valence-corrected chi connectivity index (χ4v) is 1.49. The topological polar surface area (TPSA) is 55.7 Å². The van der Waals surface area contributed by atoms with Crippen LogP contribution in [0.4, 0.5) is 5.69 Å². The van der Waals surface area contributed by atoms with Crippen molar-refractivity contribution >= 4 is 5.69 Å². The fourth-order valence-electron chi connectivity index (χ4n) is 1.49. The van der Waals surface area contributed by atoms with E-state index in [0.29, 0.717) is 6.42 Å². The molecule has 1 atom stereocenters. The quantitative estimate of drug-likeness (QED) is 0.418. The van der Waals surface area contributed by atoms with Crippen LogP contribution in [0.2, 0.25) is 0 Å². The molecule has 0 bridgehead atoms. The molecule has 4 heteroatoms. The number of hydrogen-bond donors (Lipinski definition) is 0. The van der Waals surface area contributed by atoms with Crippen molar-refractivity contribution in [1.82, 2.24) is 0 Å². The number of nitrogens with zero attached hydrogens (tertiary/aromatic N) is 1. The number of benzene rings is 1. The number of aryl methyl sites for hydroxylation is 1. The van der Waals surface area contributed by atoms with Crippen LogP contribution in [0.3, 0.4) is 0 Å². The predicted molar refractivity (Wildman–Crippen MR) is 51.3 cm³/mol. The van der Waals surface area contributed by atoms with E-state index in [1.54, 1.807) is 12.1 Å². The van der Waals surface area contributed by atoms with E-state index in [-0.39, 0.29) is 16.7 Å². The van der Waals surface area contributed by atoms with E-state index in [0.717, 1.165) is 17.7 Å². The third-order valence-corrected chi connectivity index (χ3v) is 2.28. The Kier molecular flexibility index (Phi) is 2.21. The first kappa shape index (κ1) is 9.15. The van der Waals surface area contributed by atoms with Crippen LogP contribution < -0.4 is 0 Å². The van der Waals surface area contributed by atoms with Crippen molar-refractivity contribution in [3.05, 3.63) is 39.4 Å². The lowest BCUT2D eigenvalue weighted by molar-refractivity contribution is -0.385. The van der Waals surface area contributed by atoms with Crippen LogP contribution in [-0.4, -0.2) is 17.6 Å². The summed E-state index contributed by atoms with van der Waals surface area (Å²) in [4.78, 5) is 10.4. The minimum absolute atomic E-state index is 0.190. The Bertz CT molecular complexity index is 372. The minimum atomic E-state index is -0.336. The number of hydrogen-bond acceptors (Lipinski definition) is 3. The van der Waals surface area contributed by atoms with Crippen LogP contribution in [0.1, 0.15) is 11.1 Å². The molecule has 0 aliphatic carbocycles. The maximum absolute atomic E-state index is 10.7. The Balaban J connectivity index is 2.31. The molecule has 1 aliphatic rings. The van der Waals surface area contributed by atoms with Crippen LogP contribution in [0, 0.1) is 17.0 Å². The Morgan fingerprint density at radius 1 is 1.64 bits per heavy atom. The zero-order valence-corrected chi connectivity index (χ0v) is 7.90. The van der Waals surface area contributed by atoms with Crippen molar-refractivity contribution in [3.63, 3.8) is 0 Å². The first-order chi connectivity index (χ1) is 6.66. The van der Waals surface area contributed by atoms with Gasteiger partial charge in [0.2, 0.25) is 0 Å². The lowest BCUT2D eigenvalue weighted by atomic mass is 10.1. The normalized spacial score (nSPS) is 19.4. The van der Waals surface area contributed by atoms with Gasteiger partial charge >= 0.3 is 0 Å². The molecule has 74 valence electrons.